The van der Waals surface area contributed by atoms with Crippen molar-refractivity contribution in [1.29, 1.82) is 0 Å². The maximum atomic E-state index is 5.53. The average Bonchev–Trinajstić information content (AvgIpc) is 1.88. The Labute approximate surface area is 62.3 Å². The lowest BCUT2D eigenvalue weighted by atomic mass is 10.2. The van der Waals surface area contributed by atoms with Crippen LogP contribution in [0.15, 0.2) is 0 Å². The quantitative estimate of drug-likeness (QED) is 0.547. The molecule has 1 atom stereocenters. The van der Waals surface area contributed by atoms with Gasteiger partial charge in [0.05, 0.1) is 6.10 Å². The molecule has 0 radical (unpaired) electrons. The van der Waals surface area contributed by atoms with Crippen LogP contribution in [0.5, 0.6) is 0 Å². The molecule has 0 saturated heterocycles. The van der Waals surface area contributed by atoms with E-state index in [4.69, 9.17) is 16.3 Å². The third-order valence-corrected chi connectivity index (χ3v) is 1.51. The van der Waals surface area contributed by atoms with Crippen molar-refractivity contribution in [3.05, 3.63) is 0 Å². The Morgan fingerprint density at radius 2 is 2.11 bits per heavy atom. The Balaban J connectivity index is 3.18. The van der Waals surface area contributed by atoms with Crippen molar-refractivity contribution in [2.24, 2.45) is 0 Å². The molecule has 1 nitrogen and oxygen atoms in total. The predicted molar refractivity (Wildman–Crippen MR) is 41.0 cm³/mol. The summed E-state index contributed by atoms with van der Waals surface area (Å²) >= 11 is 5.53. The van der Waals surface area contributed by atoms with Crippen molar-refractivity contribution >= 4 is 11.6 Å². The van der Waals surface area contributed by atoms with E-state index in [0.29, 0.717) is 12.0 Å². The Hall–Kier alpha value is 0.250. The van der Waals surface area contributed by atoms with Crippen LogP contribution >= 0.6 is 11.6 Å². The van der Waals surface area contributed by atoms with Crippen LogP contribution in [0.1, 0.15) is 26.7 Å². The second-order valence-corrected chi connectivity index (χ2v) is 2.34. The van der Waals surface area contributed by atoms with E-state index in [0.717, 1.165) is 19.4 Å². The normalized spacial score (nSPS) is 13.7. The summed E-state index contributed by atoms with van der Waals surface area (Å²) in [6.07, 6.45) is 2.43. The summed E-state index contributed by atoms with van der Waals surface area (Å²) in [5, 5.41) is 0. The van der Waals surface area contributed by atoms with Gasteiger partial charge < -0.3 is 4.74 Å². The van der Waals surface area contributed by atoms with E-state index in [1.165, 1.54) is 0 Å². The predicted octanol–water partition coefficient (Wildman–Crippen LogP) is 2.43. The third kappa shape index (κ3) is 4.73. The number of ether oxygens (including phenoxy) is 1. The first kappa shape index (κ1) is 9.25. The first-order valence-electron chi connectivity index (χ1n) is 3.52. The number of hydrogen-bond acceptors (Lipinski definition) is 1. The fourth-order valence-electron chi connectivity index (χ4n) is 0.763. The van der Waals surface area contributed by atoms with Crippen LogP contribution in [-0.2, 0) is 4.74 Å². The minimum Gasteiger partial charge on any atom is -0.378 e. The van der Waals surface area contributed by atoms with Gasteiger partial charge in [0, 0.05) is 12.5 Å². The van der Waals surface area contributed by atoms with Crippen LogP contribution in [0.25, 0.3) is 0 Å². The van der Waals surface area contributed by atoms with E-state index in [1.807, 2.05) is 6.92 Å². The van der Waals surface area contributed by atoms with Crippen molar-refractivity contribution in [2.75, 3.05) is 12.5 Å². The lowest BCUT2D eigenvalue weighted by molar-refractivity contribution is 0.0584. The summed E-state index contributed by atoms with van der Waals surface area (Å²) in [5.41, 5.74) is 0. The van der Waals surface area contributed by atoms with Crippen LogP contribution in [0.3, 0.4) is 0 Å². The van der Waals surface area contributed by atoms with Gasteiger partial charge in [-0.15, -0.1) is 11.6 Å². The van der Waals surface area contributed by atoms with Gasteiger partial charge in [0.25, 0.3) is 0 Å². The van der Waals surface area contributed by atoms with Crippen molar-refractivity contribution < 1.29 is 4.74 Å². The van der Waals surface area contributed by atoms with E-state index < -0.39 is 0 Å². The summed E-state index contributed by atoms with van der Waals surface area (Å²) in [7, 11) is 0. The molecule has 0 saturated carbocycles. The van der Waals surface area contributed by atoms with E-state index >= 15 is 0 Å². The summed E-state index contributed by atoms with van der Waals surface area (Å²) in [5.74, 6) is 0.707. The molecule has 0 aliphatic heterocycles. The second kappa shape index (κ2) is 6.37. The van der Waals surface area contributed by atoms with Crippen molar-refractivity contribution in [2.45, 2.75) is 32.8 Å². The van der Waals surface area contributed by atoms with E-state index in [9.17, 15) is 0 Å². The molecular formula is C7H15ClO. The molecule has 0 N–H and O–H groups in total. The molecule has 0 rings (SSSR count). The number of halogens is 1. The second-order valence-electron chi connectivity index (χ2n) is 1.96. The molecule has 0 spiro atoms. The number of rotatable bonds is 5. The Morgan fingerprint density at radius 3 is 2.44 bits per heavy atom. The van der Waals surface area contributed by atoms with Crippen LogP contribution in [0.2, 0.25) is 0 Å². The Morgan fingerprint density at radius 1 is 1.44 bits per heavy atom. The highest BCUT2D eigenvalue weighted by molar-refractivity contribution is 6.17. The number of hydrogen-bond donors (Lipinski definition) is 0. The van der Waals surface area contributed by atoms with E-state index in [-0.39, 0.29) is 0 Å². The summed E-state index contributed by atoms with van der Waals surface area (Å²) in [6, 6.07) is 0. The molecule has 0 aromatic rings. The minimum atomic E-state index is 0.382. The minimum absolute atomic E-state index is 0.382. The highest BCUT2D eigenvalue weighted by atomic mass is 35.5. The third-order valence-electron chi connectivity index (χ3n) is 1.29. The van der Waals surface area contributed by atoms with Gasteiger partial charge in [0.15, 0.2) is 0 Å². The fourth-order valence-corrected chi connectivity index (χ4v) is 1.01. The van der Waals surface area contributed by atoms with Crippen LogP contribution in [0.4, 0.5) is 0 Å². The molecule has 9 heavy (non-hydrogen) atoms. The lowest BCUT2D eigenvalue weighted by Gasteiger charge is -2.11. The van der Waals surface area contributed by atoms with Gasteiger partial charge in [0.2, 0.25) is 0 Å². The standard InChI is InChI=1S/C7H15ClO/c1-3-7(5-6-8)9-4-2/h7H,3-6H2,1-2H3. The monoisotopic (exact) mass is 150 g/mol. The fraction of sp³-hybridized carbons (Fsp3) is 1.00. The zero-order valence-corrected chi connectivity index (χ0v) is 6.95. The molecule has 0 fully saturated rings. The average molecular weight is 151 g/mol. The Kier molecular flexibility index (Phi) is 6.55. The zero-order valence-electron chi connectivity index (χ0n) is 6.19. The van der Waals surface area contributed by atoms with Gasteiger partial charge in [-0.05, 0) is 19.8 Å². The highest BCUT2D eigenvalue weighted by Gasteiger charge is 2.02. The summed E-state index contributed by atoms with van der Waals surface area (Å²) in [4.78, 5) is 0. The van der Waals surface area contributed by atoms with E-state index in [2.05, 4.69) is 6.92 Å². The molecular weight excluding hydrogens is 136 g/mol. The lowest BCUT2D eigenvalue weighted by Crippen LogP contribution is -2.11. The first-order chi connectivity index (χ1) is 4.35. The van der Waals surface area contributed by atoms with Crippen molar-refractivity contribution in [1.82, 2.24) is 0 Å². The molecule has 2 heteroatoms. The molecule has 0 aromatic carbocycles. The van der Waals surface area contributed by atoms with Crippen LogP contribution in [-0.4, -0.2) is 18.6 Å². The van der Waals surface area contributed by atoms with Crippen LogP contribution in [0, 0.1) is 0 Å². The smallest absolute Gasteiger partial charge is 0.0583 e. The molecule has 0 bridgehead atoms. The first-order valence-corrected chi connectivity index (χ1v) is 4.06. The molecule has 0 amide bonds. The van der Waals surface area contributed by atoms with Gasteiger partial charge in [-0.3, -0.25) is 0 Å². The van der Waals surface area contributed by atoms with Crippen molar-refractivity contribution in [3.8, 4) is 0 Å². The Bertz CT molecular complexity index is 50.9. The highest BCUT2D eigenvalue weighted by Crippen LogP contribution is 2.03. The van der Waals surface area contributed by atoms with Crippen LogP contribution < -0.4 is 0 Å². The van der Waals surface area contributed by atoms with Crippen molar-refractivity contribution in [3.63, 3.8) is 0 Å². The summed E-state index contributed by atoms with van der Waals surface area (Å²) in [6.45, 7) is 4.93. The van der Waals surface area contributed by atoms with Gasteiger partial charge in [-0.2, -0.15) is 0 Å². The SMILES string of the molecule is CCOC(CC)CCCl. The largest absolute Gasteiger partial charge is 0.378 e. The summed E-state index contributed by atoms with van der Waals surface area (Å²) < 4.78 is 5.35. The van der Waals surface area contributed by atoms with Gasteiger partial charge in [-0.1, -0.05) is 6.92 Å². The number of alkyl halides is 1. The van der Waals surface area contributed by atoms with Gasteiger partial charge >= 0.3 is 0 Å². The molecule has 0 aromatic heterocycles. The maximum Gasteiger partial charge on any atom is 0.0583 e. The maximum absolute atomic E-state index is 5.53. The van der Waals surface area contributed by atoms with E-state index in [1.54, 1.807) is 0 Å². The van der Waals surface area contributed by atoms with Gasteiger partial charge in [0.1, 0.15) is 0 Å². The molecule has 1 unspecified atom stereocenters. The molecule has 0 aliphatic carbocycles. The molecule has 0 aliphatic rings. The molecule has 56 valence electrons. The molecule has 0 heterocycles. The zero-order chi connectivity index (χ0) is 7.11. The topological polar surface area (TPSA) is 9.23 Å². The van der Waals surface area contributed by atoms with Gasteiger partial charge in [-0.25, -0.2) is 0 Å².